The van der Waals surface area contributed by atoms with Gasteiger partial charge >= 0.3 is 0 Å². The predicted octanol–water partition coefficient (Wildman–Crippen LogP) is 2.40. The Hall–Kier alpha value is -2.72. The monoisotopic (exact) mass is 501 g/mol. The number of anilines is 1. The van der Waals surface area contributed by atoms with Crippen LogP contribution in [0.2, 0.25) is 0 Å². The number of fused-ring (bicyclic) bond motifs is 1. The first-order valence-corrected chi connectivity index (χ1v) is 13.6. The second-order valence-corrected chi connectivity index (χ2v) is 12.4. The van der Waals surface area contributed by atoms with Crippen molar-refractivity contribution in [3.05, 3.63) is 41.2 Å². The van der Waals surface area contributed by atoms with Crippen LogP contribution in [0, 0.1) is 19.8 Å². The van der Waals surface area contributed by atoms with Crippen molar-refractivity contribution in [2.75, 3.05) is 24.5 Å². The fourth-order valence-electron chi connectivity index (χ4n) is 5.08. The number of benzene rings is 1. The zero-order chi connectivity index (χ0) is 25.5. The second-order valence-electron chi connectivity index (χ2n) is 10.5. The molecular weight excluding hydrogens is 466 g/mol. The molecule has 1 aromatic heterocycles. The van der Waals surface area contributed by atoms with Crippen LogP contribution in [-0.4, -0.2) is 59.5 Å². The molecule has 10 heteroatoms. The molecule has 1 saturated heterocycles. The van der Waals surface area contributed by atoms with E-state index in [1.165, 1.54) is 8.99 Å². The second kappa shape index (κ2) is 9.39. The highest BCUT2D eigenvalue weighted by Crippen LogP contribution is 2.32. The molecule has 1 aromatic carbocycles. The van der Waals surface area contributed by atoms with Gasteiger partial charge in [0.05, 0.1) is 17.3 Å². The van der Waals surface area contributed by atoms with Gasteiger partial charge in [0, 0.05) is 30.9 Å². The molecule has 0 spiro atoms. The lowest BCUT2D eigenvalue weighted by Gasteiger charge is -2.33. The number of rotatable bonds is 5. The van der Waals surface area contributed by atoms with Crippen molar-refractivity contribution >= 4 is 27.5 Å². The Morgan fingerprint density at radius 2 is 1.86 bits per heavy atom. The normalized spacial score (nSPS) is 19.0. The van der Waals surface area contributed by atoms with Crippen LogP contribution >= 0.6 is 0 Å². The van der Waals surface area contributed by atoms with Crippen LogP contribution < -0.4 is 10.2 Å². The van der Waals surface area contributed by atoms with Gasteiger partial charge in [-0.3, -0.25) is 14.3 Å². The summed E-state index contributed by atoms with van der Waals surface area (Å²) in [6.07, 6.45) is 2.09. The van der Waals surface area contributed by atoms with Crippen LogP contribution in [0.15, 0.2) is 29.2 Å². The number of piperidine rings is 1. The predicted molar refractivity (Wildman–Crippen MR) is 134 cm³/mol. The molecule has 1 atom stereocenters. The molecule has 0 aliphatic carbocycles. The molecule has 1 unspecified atom stereocenters. The molecular formula is C25H35N5O4S. The van der Waals surface area contributed by atoms with E-state index in [0.29, 0.717) is 37.3 Å². The lowest BCUT2D eigenvalue weighted by atomic mass is 9.98. The lowest BCUT2D eigenvalue weighted by molar-refractivity contribution is -0.124. The fraction of sp³-hybridized carbons (Fsp3) is 0.560. The van der Waals surface area contributed by atoms with Gasteiger partial charge in [-0.1, -0.05) is 18.2 Å². The van der Waals surface area contributed by atoms with Crippen LogP contribution in [0.25, 0.3) is 0 Å². The van der Waals surface area contributed by atoms with E-state index in [-0.39, 0.29) is 29.8 Å². The van der Waals surface area contributed by atoms with Crippen molar-refractivity contribution in [1.82, 2.24) is 19.4 Å². The Labute approximate surface area is 207 Å². The van der Waals surface area contributed by atoms with E-state index in [9.17, 15) is 18.0 Å². The summed E-state index contributed by atoms with van der Waals surface area (Å²) in [5.41, 5.74) is 2.46. The van der Waals surface area contributed by atoms with Gasteiger partial charge in [0.25, 0.3) is 0 Å². The lowest BCUT2D eigenvalue weighted by Crippen LogP contribution is -2.46. The van der Waals surface area contributed by atoms with E-state index >= 15 is 0 Å². The molecule has 2 aromatic rings. The number of amides is 2. The quantitative estimate of drug-likeness (QED) is 0.678. The van der Waals surface area contributed by atoms with Gasteiger partial charge in [-0.15, -0.1) is 0 Å². The standard InChI is InChI=1S/C25H35N5O4S/c1-17-23(18(2)30(27-17)16-22(31)26-25(3,4)5)35(33,34)28-13-8-10-20(15-28)24(32)29-14-12-19-9-6-7-11-21(19)29/h6-7,9,11,20H,8,10,12-16H2,1-5H3,(H,26,31). The highest BCUT2D eigenvalue weighted by Gasteiger charge is 2.39. The molecule has 1 N–H and O–H groups in total. The molecule has 2 amide bonds. The summed E-state index contributed by atoms with van der Waals surface area (Å²) in [5.74, 6) is -0.641. The van der Waals surface area contributed by atoms with Crippen LogP contribution in [0.3, 0.4) is 0 Å². The number of nitrogens with zero attached hydrogens (tertiary/aromatic N) is 4. The Bertz CT molecular complexity index is 1250. The fourth-order valence-corrected chi connectivity index (χ4v) is 6.98. The maximum Gasteiger partial charge on any atom is 0.246 e. The van der Waals surface area contributed by atoms with Gasteiger partial charge in [-0.2, -0.15) is 9.40 Å². The third-order valence-electron chi connectivity index (χ3n) is 6.61. The molecule has 0 radical (unpaired) electrons. The molecule has 9 nitrogen and oxygen atoms in total. The Balaban J connectivity index is 1.53. The Morgan fingerprint density at radius 3 is 2.57 bits per heavy atom. The minimum absolute atomic E-state index is 0.0159. The van der Waals surface area contributed by atoms with Crippen molar-refractivity contribution in [2.45, 2.75) is 70.9 Å². The number of carbonyl (C=O) groups is 2. The van der Waals surface area contributed by atoms with Gasteiger partial charge < -0.3 is 10.2 Å². The largest absolute Gasteiger partial charge is 0.350 e. The minimum atomic E-state index is -3.88. The van der Waals surface area contributed by atoms with E-state index < -0.39 is 21.5 Å². The number of para-hydroxylation sites is 1. The minimum Gasteiger partial charge on any atom is -0.350 e. The molecule has 3 heterocycles. The third kappa shape index (κ3) is 5.13. The van der Waals surface area contributed by atoms with Crippen molar-refractivity contribution < 1.29 is 18.0 Å². The molecule has 0 bridgehead atoms. The first-order valence-electron chi connectivity index (χ1n) is 12.1. The third-order valence-corrected chi connectivity index (χ3v) is 8.73. The Kier molecular flexibility index (Phi) is 6.80. The molecule has 2 aliphatic rings. The summed E-state index contributed by atoms with van der Waals surface area (Å²) in [6.45, 7) is 10.0. The topological polar surface area (TPSA) is 105 Å². The average Bonchev–Trinajstić information content (AvgIpc) is 3.32. The SMILES string of the molecule is Cc1nn(CC(=O)NC(C)(C)C)c(C)c1S(=O)(=O)N1CCCC(C(=O)N2CCc3ccccc32)C1. The van der Waals surface area contributed by atoms with Gasteiger partial charge in [-0.05, 0) is 65.5 Å². The number of hydrogen-bond donors (Lipinski definition) is 1. The van der Waals surface area contributed by atoms with Gasteiger partial charge in [0.1, 0.15) is 11.4 Å². The maximum atomic E-state index is 13.7. The highest BCUT2D eigenvalue weighted by atomic mass is 32.2. The van der Waals surface area contributed by atoms with E-state index in [1.807, 2.05) is 45.0 Å². The first kappa shape index (κ1) is 25.4. The first-order chi connectivity index (χ1) is 16.4. The smallest absolute Gasteiger partial charge is 0.246 e. The number of carbonyl (C=O) groups excluding carboxylic acids is 2. The van der Waals surface area contributed by atoms with Crippen LogP contribution in [0.1, 0.15) is 50.6 Å². The summed E-state index contributed by atoms with van der Waals surface area (Å²) in [6, 6.07) is 7.88. The zero-order valence-electron chi connectivity index (χ0n) is 21.2. The van der Waals surface area contributed by atoms with E-state index in [2.05, 4.69) is 10.4 Å². The number of nitrogens with one attached hydrogen (secondary N) is 1. The summed E-state index contributed by atoms with van der Waals surface area (Å²) < 4.78 is 30.2. The Morgan fingerprint density at radius 1 is 1.14 bits per heavy atom. The van der Waals surface area contributed by atoms with Crippen LogP contribution in [0.4, 0.5) is 5.69 Å². The molecule has 1 fully saturated rings. The number of hydrogen-bond acceptors (Lipinski definition) is 5. The highest BCUT2D eigenvalue weighted by molar-refractivity contribution is 7.89. The van der Waals surface area contributed by atoms with Crippen LogP contribution in [0.5, 0.6) is 0 Å². The molecule has 0 saturated carbocycles. The van der Waals surface area contributed by atoms with Crippen molar-refractivity contribution in [2.24, 2.45) is 5.92 Å². The molecule has 190 valence electrons. The van der Waals surface area contributed by atoms with E-state index in [1.54, 1.807) is 18.7 Å². The average molecular weight is 502 g/mol. The molecule has 2 aliphatic heterocycles. The van der Waals surface area contributed by atoms with Crippen molar-refractivity contribution in [1.29, 1.82) is 0 Å². The van der Waals surface area contributed by atoms with Crippen molar-refractivity contribution in [3.8, 4) is 0 Å². The van der Waals surface area contributed by atoms with Crippen molar-refractivity contribution in [3.63, 3.8) is 0 Å². The van der Waals surface area contributed by atoms with Gasteiger partial charge in [0.15, 0.2) is 0 Å². The molecule has 35 heavy (non-hydrogen) atoms. The number of sulfonamides is 1. The van der Waals surface area contributed by atoms with Gasteiger partial charge in [0.2, 0.25) is 21.8 Å². The van der Waals surface area contributed by atoms with Crippen LogP contribution in [-0.2, 0) is 32.6 Å². The summed E-state index contributed by atoms with van der Waals surface area (Å²) in [5, 5.41) is 7.23. The summed E-state index contributed by atoms with van der Waals surface area (Å²) in [7, 11) is -3.88. The van der Waals surface area contributed by atoms with E-state index in [0.717, 1.165) is 17.7 Å². The summed E-state index contributed by atoms with van der Waals surface area (Å²) >= 11 is 0. The number of aryl methyl sites for hydroxylation is 1. The van der Waals surface area contributed by atoms with Gasteiger partial charge in [-0.25, -0.2) is 8.42 Å². The number of aromatic nitrogens is 2. The summed E-state index contributed by atoms with van der Waals surface area (Å²) in [4.78, 5) is 27.7. The molecule has 4 rings (SSSR count). The zero-order valence-corrected chi connectivity index (χ0v) is 22.0. The maximum absolute atomic E-state index is 13.7. The van der Waals surface area contributed by atoms with E-state index in [4.69, 9.17) is 0 Å².